The van der Waals surface area contributed by atoms with E-state index in [1.54, 1.807) is 71.8 Å². The van der Waals surface area contributed by atoms with Gasteiger partial charge < -0.3 is 25.1 Å². The Kier molecular flexibility index (Phi) is 11.5. The van der Waals surface area contributed by atoms with Gasteiger partial charge in [0.2, 0.25) is 21.8 Å². The van der Waals surface area contributed by atoms with Gasteiger partial charge >= 0.3 is 6.03 Å². The fourth-order valence-electron chi connectivity index (χ4n) is 5.40. The Hall–Kier alpha value is -6.11. The minimum absolute atomic E-state index is 0.0366. The number of sulfonamides is 2. The maximum absolute atomic E-state index is 13.9. The van der Waals surface area contributed by atoms with Crippen molar-refractivity contribution >= 4 is 71.1 Å². The molecule has 2 aromatic heterocycles. The standard InChI is InChI=1S/C19H19FN4O4S.C17H16FN3O3S/c1-12(24-11-10-15-16(20)4-3-5-17(15)24)18(25)22-13-6-8-14(9-7-13)29(27,28)23-19(26)21-2;1-11(21-10-9-14-15(18)3-2-4-16(14)21)17(22)20-12-5-7-13(8-6-12)25(19,23)24/h3-12H,1-2H3,(H,22,25)(H2,21,23,26);2-11H,1H3,(H,20,22)(H2,19,23,24)/t12-;11-/m11/s1. The molecule has 18 heteroatoms. The first-order valence-electron chi connectivity index (χ1n) is 16.1. The SMILES string of the molecule is CNC(=O)NS(=O)(=O)c1ccc(NC(=O)[C@@H](C)n2ccc3c(F)cccc32)cc1.C[C@H](C(=O)Nc1ccc(S(N)(=O)=O)cc1)n1ccc2c(F)cccc21. The molecule has 0 fully saturated rings. The fraction of sp³-hybridized carbons (Fsp3) is 0.139. The van der Waals surface area contributed by atoms with Gasteiger partial charge in [0.05, 0.1) is 20.8 Å². The number of primary sulfonamides is 1. The quantitative estimate of drug-likeness (QED) is 0.132. The maximum Gasteiger partial charge on any atom is 0.328 e. The zero-order chi connectivity index (χ0) is 39.4. The lowest BCUT2D eigenvalue weighted by molar-refractivity contribution is -0.119. The second kappa shape index (κ2) is 15.9. The van der Waals surface area contributed by atoms with Gasteiger partial charge in [-0.3, -0.25) is 9.59 Å². The van der Waals surface area contributed by atoms with E-state index in [1.165, 1.54) is 67.7 Å². The summed E-state index contributed by atoms with van der Waals surface area (Å²) in [5.41, 5.74) is 2.02. The number of fused-ring (bicyclic) bond motifs is 2. The minimum atomic E-state index is -4.01. The molecule has 282 valence electrons. The second-order valence-electron chi connectivity index (χ2n) is 11.9. The van der Waals surface area contributed by atoms with Gasteiger partial charge in [-0.25, -0.2) is 40.3 Å². The molecule has 54 heavy (non-hydrogen) atoms. The molecule has 0 aliphatic carbocycles. The predicted octanol–water partition coefficient (Wildman–Crippen LogP) is 5.23. The van der Waals surface area contributed by atoms with Crippen molar-refractivity contribution in [3.05, 3.63) is 121 Å². The summed E-state index contributed by atoms with van der Waals surface area (Å²) in [5.74, 6) is -1.38. The zero-order valence-electron chi connectivity index (χ0n) is 28.9. The number of amides is 4. The number of nitrogens with two attached hydrogens (primary N) is 1. The number of anilines is 2. The van der Waals surface area contributed by atoms with Crippen LogP contribution in [0, 0.1) is 11.6 Å². The fourth-order valence-corrected chi connectivity index (χ4v) is 6.87. The summed E-state index contributed by atoms with van der Waals surface area (Å²) in [6.45, 7) is 3.37. The van der Waals surface area contributed by atoms with Crippen molar-refractivity contribution in [3.63, 3.8) is 0 Å². The topological polar surface area (TPSA) is 203 Å². The molecule has 4 aromatic carbocycles. The van der Waals surface area contributed by atoms with E-state index >= 15 is 0 Å². The molecule has 4 amide bonds. The molecule has 0 aliphatic rings. The van der Waals surface area contributed by atoms with E-state index in [9.17, 15) is 40.0 Å². The number of urea groups is 1. The van der Waals surface area contributed by atoms with Gasteiger partial charge in [0, 0.05) is 41.6 Å². The van der Waals surface area contributed by atoms with Crippen molar-refractivity contribution < 1.29 is 40.0 Å². The Bertz CT molecular complexity index is 2570. The summed E-state index contributed by atoms with van der Waals surface area (Å²) in [6, 6.07) is 21.4. The molecule has 2 atom stereocenters. The third kappa shape index (κ3) is 8.74. The number of nitrogens with one attached hydrogen (secondary N) is 4. The normalized spacial score (nSPS) is 12.6. The van der Waals surface area contributed by atoms with Crippen LogP contribution in [-0.2, 0) is 29.6 Å². The summed E-state index contributed by atoms with van der Waals surface area (Å²) in [6.07, 6.45) is 3.29. The number of carbonyl (C=O) groups is 3. The zero-order valence-corrected chi connectivity index (χ0v) is 30.6. The van der Waals surface area contributed by atoms with Crippen LogP contribution in [0.5, 0.6) is 0 Å². The Morgan fingerprint density at radius 3 is 1.43 bits per heavy atom. The van der Waals surface area contributed by atoms with Gasteiger partial charge in [0.1, 0.15) is 23.7 Å². The highest BCUT2D eigenvalue weighted by molar-refractivity contribution is 7.90. The van der Waals surface area contributed by atoms with E-state index in [0.717, 1.165) is 0 Å². The van der Waals surface area contributed by atoms with E-state index < -0.39 is 38.2 Å². The van der Waals surface area contributed by atoms with Crippen LogP contribution >= 0.6 is 0 Å². The number of hydrogen-bond donors (Lipinski definition) is 5. The highest BCUT2D eigenvalue weighted by Crippen LogP contribution is 2.25. The monoisotopic (exact) mass is 779 g/mol. The number of aromatic nitrogens is 2. The Balaban J connectivity index is 0.000000210. The van der Waals surface area contributed by atoms with E-state index in [2.05, 4.69) is 16.0 Å². The van der Waals surface area contributed by atoms with Crippen molar-refractivity contribution in [2.45, 2.75) is 35.7 Å². The molecule has 6 N–H and O–H groups in total. The van der Waals surface area contributed by atoms with Gasteiger partial charge in [0.25, 0.3) is 10.0 Å². The molecule has 6 rings (SSSR count). The number of carbonyl (C=O) groups excluding carboxylic acids is 3. The molecule has 6 aromatic rings. The average molecular weight is 780 g/mol. The summed E-state index contributed by atoms with van der Waals surface area (Å²) < 4.78 is 79.4. The Morgan fingerprint density at radius 2 is 1.04 bits per heavy atom. The third-order valence-corrected chi connectivity index (χ3v) is 10.6. The molecule has 14 nitrogen and oxygen atoms in total. The number of nitrogens with zero attached hydrogens (tertiary/aromatic N) is 2. The van der Waals surface area contributed by atoms with Gasteiger partial charge in [0.15, 0.2) is 0 Å². The Labute approximate surface area is 309 Å². The molecule has 2 heterocycles. The summed E-state index contributed by atoms with van der Waals surface area (Å²) in [5, 5.41) is 13.5. The lowest BCUT2D eigenvalue weighted by atomic mass is 10.2. The van der Waals surface area contributed by atoms with Crippen molar-refractivity contribution in [1.29, 1.82) is 0 Å². The first-order valence-corrected chi connectivity index (χ1v) is 19.1. The summed E-state index contributed by atoms with van der Waals surface area (Å²) in [7, 11) is -6.49. The van der Waals surface area contributed by atoms with Crippen molar-refractivity contribution in [3.8, 4) is 0 Å². The third-order valence-electron chi connectivity index (χ3n) is 8.35. The predicted molar refractivity (Wildman–Crippen MR) is 200 cm³/mol. The minimum Gasteiger partial charge on any atom is -0.340 e. The van der Waals surface area contributed by atoms with Crippen LogP contribution in [0.3, 0.4) is 0 Å². The van der Waals surface area contributed by atoms with Crippen LogP contribution in [-0.4, -0.2) is 50.9 Å². The molecular formula is C36H35F2N7O7S2. The first kappa shape index (κ1) is 39.1. The van der Waals surface area contributed by atoms with Crippen molar-refractivity contribution in [2.24, 2.45) is 5.14 Å². The van der Waals surface area contributed by atoms with Crippen LogP contribution in [0.15, 0.2) is 119 Å². The summed E-state index contributed by atoms with van der Waals surface area (Å²) >= 11 is 0. The highest BCUT2D eigenvalue weighted by atomic mass is 32.2. The molecule has 0 saturated heterocycles. The van der Waals surface area contributed by atoms with Gasteiger partial charge in [-0.1, -0.05) is 12.1 Å². The second-order valence-corrected chi connectivity index (χ2v) is 15.1. The Morgan fingerprint density at radius 1 is 0.630 bits per heavy atom. The largest absolute Gasteiger partial charge is 0.340 e. The van der Waals surface area contributed by atoms with Crippen LogP contribution in [0.1, 0.15) is 25.9 Å². The lowest BCUT2D eigenvalue weighted by Crippen LogP contribution is -2.37. The van der Waals surface area contributed by atoms with E-state index in [4.69, 9.17) is 5.14 Å². The maximum atomic E-state index is 13.9. The molecule has 0 radical (unpaired) electrons. The first-order chi connectivity index (χ1) is 25.5. The number of rotatable bonds is 9. The number of halogens is 2. The molecule has 0 saturated carbocycles. The van der Waals surface area contributed by atoms with Crippen molar-refractivity contribution in [2.75, 3.05) is 17.7 Å². The van der Waals surface area contributed by atoms with E-state index in [0.29, 0.717) is 33.2 Å². The molecular weight excluding hydrogens is 745 g/mol. The van der Waals surface area contributed by atoms with Crippen LogP contribution in [0.4, 0.5) is 25.0 Å². The lowest BCUT2D eigenvalue weighted by Gasteiger charge is -2.16. The van der Waals surface area contributed by atoms with Crippen LogP contribution < -0.4 is 25.8 Å². The summed E-state index contributed by atoms with van der Waals surface area (Å²) in [4.78, 5) is 36.1. The van der Waals surface area contributed by atoms with Crippen LogP contribution in [0.25, 0.3) is 21.8 Å². The molecule has 0 bridgehead atoms. The van der Waals surface area contributed by atoms with Crippen molar-refractivity contribution in [1.82, 2.24) is 19.2 Å². The smallest absolute Gasteiger partial charge is 0.328 e. The van der Waals surface area contributed by atoms with E-state index in [-0.39, 0.29) is 33.2 Å². The molecule has 0 aliphatic heterocycles. The van der Waals surface area contributed by atoms with Gasteiger partial charge in [-0.05, 0) is 98.8 Å². The molecule has 0 spiro atoms. The average Bonchev–Trinajstić information content (AvgIpc) is 3.78. The van der Waals surface area contributed by atoms with Gasteiger partial charge in [-0.15, -0.1) is 0 Å². The number of benzene rings is 4. The molecule has 0 unspecified atom stereocenters. The highest BCUT2D eigenvalue weighted by Gasteiger charge is 2.21. The number of hydrogen-bond acceptors (Lipinski definition) is 7. The van der Waals surface area contributed by atoms with Crippen LogP contribution in [0.2, 0.25) is 0 Å². The van der Waals surface area contributed by atoms with Gasteiger partial charge in [-0.2, -0.15) is 0 Å². The van der Waals surface area contributed by atoms with E-state index in [1.807, 2.05) is 4.72 Å².